The Morgan fingerprint density at radius 3 is 2.78 bits per heavy atom. The zero-order valence-corrected chi connectivity index (χ0v) is 11.8. The van der Waals surface area contributed by atoms with Gasteiger partial charge in [-0.2, -0.15) is 0 Å². The van der Waals surface area contributed by atoms with E-state index in [1.807, 2.05) is 0 Å². The van der Waals surface area contributed by atoms with Gasteiger partial charge in [0.1, 0.15) is 0 Å². The van der Waals surface area contributed by atoms with Gasteiger partial charge in [-0.1, -0.05) is 33.0 Å². The Hall–Kier alpha value is -0.505. The van der Waals surface area contributed by atoms with Crippen molar-refractivity contribution in [3.05, 3.63) is 0 Å². The molecular weight excluding hydrogens is 225 g/mol. The standard InChI is InChI=1S/C14H26BNO2/c1-3-11(2)6-8-16-9-12(5-4-7-15)13(10-16)14(17)18/h11-13H,3-10H2,1-2H3,(H,17,18). The lowest BCUT2D eigenvalue weighted by molar-refractivity contribution is -0.142. The lowest BCUT2D eigenvalue weighted by atomic mass is 9.88. The summed E-state index contributed by atoms with van der Waals surface area (Å²) in [5.41, 5.74) is 0. The van der Waals surface area contributed by atoms with Gasteiger partial charge in [-0.3, -0.25) is 4.79 Å². The molecule has 0 bridgehead atoms. The number of nitrogens with zero attached hydrogens (tertiary/aromatic N) is 1. The van der Waals surface area contributed by atoms with Crippen molar-refractivity contribution in [2.24, 2.45) is 17.8 Å². The molecule has 1 saturated heterocycles. The van der Waals surface area contributed by atoms with Gasteiger partial charge in [0.05, 0.1) is 13.8 Å². The highest BCUT2D eigenvalue weighted by atomic mass is 16.4. The topological polar surface area (TPSA) is 40.5 Å². The van der Waals surface area contributed by atoms with Crippen LogP contribution in [0, 0.1) is 17.8 Å². The van der Waals surface area contributed by atoms with Crippen LogP contribution in [0.25, 0.3) is 0 Å². The van der Waals surface area contributed by atoms with Gasteiger partial charge in [-0.25, -0.2) is 0 Å². The molecule has 2 radical (unpaired) electrons. The van der Waals surface area contributed by atoms with Crippen molar-refractivity contribution in [2.45, 2.75) is 45.9 Å². The minimum Gasteiger partial charge on any atom is -0.481 e. The first-order valence-electron chi connectivity index (χ1n) is 7.23. The van der Waals surface area contributed by atoms with Crippen molar-refractivity contribution in [3.8, 4) is 0 Å². The van der Waals surface area contributed by atoms with Crippen molar-refractivity contribution in [1.82, 2.24) is 4.90 Å². The second kappa shape index (κ2) is 7.83. The van der Waals surface area contributed by atoms with Crippen LogP contribution < -0.4 is 0 Å². The highest BCUT2D eigenvalue weighted by Crippen LogP contribution is 2.28. The lowest BCUT2D eigenvalue weighted by Crippen LogP contribution is -2.25. The molecule has 1 N–H and O–H groups in total. The maximum absolute atomic E-state index is 11.3. The first kappa shape index (κ1) is 15.6. The van der Waals surface area contributed by atoms with E-state index < -0.39 is 5.97 Å². The fourth-order valence-corrected chi connectivity index (χ4v) is 2.70. The van der Waals surface area contributed by atoms with Crippen molar-refractivity contribution >= 4 is 13.8 Å². The molecule has 0 saturated carbocycles. The highest BCUT2D eigenvalue weighted by Gasteiger charge is 2.36. The van der Waals surface area contributed by atoms with Crippen LogP contribution in [0.3, 0.4) is 0 Å². The minimum atomic E-state index is -0.636. The van der Waals surface area contributed by atoms with Crippen LogP contribution in [-0.4, -0.2) is 43.5 Å². The average Bonchev–Trinajstić information content (AvgIpc) is 2.76. The second-order valence-electron chi connectivity index (χ2n) is 5.70. The average molecular weight is 251 g/mol. The number of likely N-dealkylation sites (tertiary alicyclic amines) is 1. The molecule has 1 heterocycles. The number of carboxylic acid groups (broad SMARTS) is 1. The van der Waals surface area contributed by atoms with Crippen LogP contribution in [-0.2, 0) is 4.79 Å². The number of carboxylic acids is 1. The van der Waals surface area contributed by atoms with Gasteiger partial charge in [-0.05, 0) is 31.2 Å². The number of hydrogen-bond acceptors (Lipinski definition) is 2. The summed E-state index contributed by atoms with van der Waals surface area (Å²) < 4.78 is 0. The number of rotatable bonds is 8. The van der Waals surface area contributed by atoms with E-state index in [2.05, 4.69) is 18.7 Å². The number of carbonyl (C=O) groups is 1. The Balaban J connectivity index is 2.42. The normalized spacial score (nSPS) is 26.3. The molecule has 0 amide bonds. The molecule has 1 fully saturated rings. The fourth-order valence-electron chi connectivity index (χ4n) is 2.70. The molecule has 0 aromatic rings. The van der Waals surface area contributed by atoms with E-state index in [0.29, 0.717) is 12.2 Å². The van der Waals surface area contributed by atoms with Crippen LogP contribution in [0.2, 0.25) is 6.32 Å². The molecule has 3 atom stereocenters. The van der Waals surface area contributed by atoms with E-state index in [0.717, 1.165) is 38.4 Å². The molecular formula is C14H26BNO2. The summed E-state index contributed by atoms with van der Waals surface area (Å²) in [6, 6.07) is 0. The van der Waals surface area contributed by atoms with Crippen LogP contribution in [0.15, 0.2) is 0 Å². The number of aliphatic carboxylic acids is 1. The largest absolute Gasteiger partial charge is 0.481 e. The van der Waals surface area contributed by atoms with Crippen LogP contribution >= 0.6 is 0 Å². The summed E-state index contributed by atoms with van der Waals surface area (Å²) in [6.07, 6.45) is 4.93. The van der Waals surface area contributed by atoms with E-state index in [1.165, 1.54) is 12.8 Å². The zero-order valence-electron chi connectivity index (χ0n) is 11.8. The van der Waals surface area contributed by atoms with E-state index >= 15 is 0 Å². The third-order valence-corrected chi connectivity index (χ3v) is 4.25. The third-order valence-electron chi connectivity index (χ3n) is 4.25. The second-order valence-corrected chi connectivity index (χ2v) is 5.70. The molecule has 1 aliphatic heterocycles. The van der Waals surface area contributed by atoms with Gasteiger partial charge >= 0.3 is 5.97 Å². The maximum atomic E-state index is 11.3. The molecule has 0 aliphatic carbocycles. The molecule has 0 aromatic heterocycles. The molecule has 18 heavy (non-hydrogen) atoms. The summed E-state index contributed by atoms with van der Waals surface area (Å²) >= 11 is 0. The van der Waals surface area contributed by atoms with Crippen molar-refractivity contribution in [2.75, 3.05) is 19.6 Å². The molecule has 3 unspecified atom stereocenters. The summed E-state index contributed by atoms with van der Waals surface area (Å²) in [5, 5.41) is 9.27. The number of hydrogen-bond donors (Lipinski definition) is 1. The Morgan fingerprint density at radius 1 is 1.50 bits per heavy atom. The van der Waals surface area contributed by atoms with Crippen molar-refractivity contribution < 1.29 is 9.90 Å². The molecule has 102 valence electrons. The van der Waals surface area contributed by atoms with E-state index in [-0.39, 0.29) is 5.92 Å². The summed E-state index contributed by atoms with van der Waals surface area (Å²) in [6.45, 7) is 7.17. The van der Waals surface area contributed by atoms with Gasteiger partial charge < -0.3 is 10.0 Å². The first-order valence-corrected chi connectivity index (χ1v) is 7.23. The Bertz CT molecular complexity index is 260. The summed E-state index contributed by atoms with van der Waals surface area (Å²) in [5.74, 6) is 0.205. The quantitative estimate of drug-likeness (QED) is 0.673. The van der Waals surface area contributed by atoms with Gasteiger partial charge in [0.2, 0.25) is 0 Å². The first-order chi connectivity index (χ1) is 8.58. The minimum absolute atomic E-state index is 0.187. The van der Waals surface area contributed by atoms with Crippen molar-refractivity contribution in [1.29, 1.82) is 0 Å². The highest BCUT2D eigenvalue weighted by molar-refractivity contribution is 6.08. The molecule has 1 rings (SSSR count). The van der Waals surface area contributed by atoms with Crippen LogP contribution in [0.5, 0.6) is 0 Å². The molecule has 3 nitrogen and oxygen atoms in total. The Labute approximate surface area is 112 Å². The van der Waals surface area contributed by atoms with E-state index in [4.69, 9.17) is 7.85 Å². The Morgan fingerprint density at radius 2 is 2.22 bits per heavy atom. The van der Waals surface area contributed by atoms with E-state index in [9.17, 15) is 9.90 Å². The zero-order chi connectivity index (χ0) is 13.5. The monoisotopic (exact) mass is 251 g/mol. The van der Waals surface area contributed by atoms with Gasteiger partial charge in [0, 0.05) is 13.1 Å². The Kier molecular flexibility index (Phi) is 6.76. The summed E-state index contributed by atoms with van der Waals surface area (Å²) in [4.78, 5) is 13.6. The molecule has 0 spiro atoms. The van der Waals surface area contributed by atoms with Gasteiger partial charge in [0.15, 0.2) is 0 Å². The summed E-state index contributed by atoms with van der Waals surface area (Å²) in [7, 11) is 5.52. The lowest BCUT2D eigenvalue weighted by Gasteiger charge is -2.17. The predicted octanol–water partition coefficient (Wildman–Crippen LogP) is 2.42. The van der Waals surface area contributed by atoms with E-state index in [1.54, 1.807) is 0 Å². The molecule has 1 aliphatic rings. The molecule has 0 aromatic carbocycles. The van der Waals surface area contributed by atoms with Gasteiger partial charge in [-0.15, -0.1) is 0 Å². The SMILES string of the molecule is [B]CCCC1CN(CCC(C)CC)CC1C(=O)O. The van der Waals surface area contributed by atoms with Crippen LogP contribution in [0.4, 0.5) is 0 Å². The smallest absolute Gasteiger partial charge is 0.308 e. The van der Waals surface area contributed by atoms with Crippen LogP contribution in [0.1, 0.15) is 39.5 Å². The predicted molar refractivity (Wildman–Crippen MR) is 74.9 cm³/mol. The third kappa shape index (κ3) is 4.64. The van der Waals surface area contributed by atoms with Gasteiger partial charge in [0.25, 0.3) is 0 Å². The maximum Gasteiger partial charge on any atom is 0.308 e. The van der Waals surface area contributed by atoms with Crippen molar-refractivity contribution in [3.63, 3.8) is 0 Å². The molecule has 4 heteroatoms. The fraction of sp³-hybridized carbons (Fsp3) is 0.929.